The number of carbonyl (C=O) groups excluding carboxylic acids is 1. The first-order valence-corrected chi connectivity index (χ1v) is 6.34. The summed E-state index contributed by atoms with van der Waals surface area (Å²) >= 11 is 0. The fourth-order valence-corrected chi connectivity index (χ4v) is 2.01. The molecule has 1 aromatic heterocycles. The zero-order chi connectivity index (χ0) is 13.8. The molecule has 0 aliphatic rings. The first kappa shape index (κ1) is 13.6. The number of nitrogens with one attached hydrogen (secondary N) is 2. The Balaban J connectivity index is 2.02. The van der Waals surface area contributed by atoms with Gasteiger partial charge in [-0.25, -0.2) is 0 Å². The van der Waals surface area contributed by atoms with Gasteiger partial charge in [0.05, 0.1) is 12.1 Å². The summed E-state index contributed by atoms with van der Waals surface area (Å²) in [4.78, 5) is 14.9. The summed E-state index contributed by atoms with van der Waals surface area (Å²) < 4.78 is 0. The van der Waals surface area contributed by atoms with Gasteiger partial charge < -0.3 is 21.1 Å². The molecule has 19 heavy (non-hydrogen) atoms. The minimum atomic E-state index is -0.613. The van der Waals surface area contributed by atoms with E-state index in [-0.39, 0.29) is 12.5 Å². The van der Waals surface area contributed by atoms with Crippen molar-refractivity contribution in [3.63, 3.8) is 0 Å². The maximum absolute atomic E-state index is 11.8. The number of aliphatic hydroxyl groups excluding tert-OH is 1. The van der Waals surface area contributed by atoms with E-state index in [1.54, 1.807) is 6.92 Å². The van der Waals surface area contributed by atoms with Crippen LogP contribution >= 0.6 is 0 Å². The van der Waals surface area contributed by atoms with E-state index in [2.05, 4.69) is 10.3 Å². The molecule has 1 heterocycles. The Labute approximate surface area is 111 Å². The molecule has 1 amide bonds. The number of hydrogen-bond acceptors (Lipinski definition) is 3. The Kier molecular flexibility index (Phi) is 4.19. The normalized spacial score (nSPS) is 14.3. The van der Waals surface area contributed by atoms with Crippen LogP contribution in [-0.2, 0) is 11.2 Å². The number of aliphatic hydroxyl groups is 1. The molecule has 0 aliphatic heterocycles. The minimum Gasteiger partial charge on any atom is -0.392 e. The van der Waals surface area contributed by atoms with Crippen molar-refractivity contribution >= 4 is 16.8 Å². The molecule has 0 bridgehead atoms. The van der Waals surface area contributed by atoms with E-state index in [1.165, 1.54) is 0 Å². The van der Waals surface area contributed by atoms with Gasteiger partial charge in [-0.05, 0) is 25.0 Å². The lowest BCUT2D eigenvalue weighted by Crippen LogP contribution is -2.44. The summed E-state index contributed by atoms with van der Waals surface area (Å²) in [5.74, 6) is -0.244. The highest BCUT2D eigenvalue weighted by molar-refractivity contribution is 5.86. The molecular formula is C14H19N3O2. The van der Waals surface area contributed by atoms with Crippen LogP contribution < -0.4 is 11.1 Å². The van der Waals surface area contributed by atoms with Gasteiger partial charge in [0.2, 0.25) is 5.91 Å². The minimum absolute atomic E-state index is 0.223. The second-order valence-electron chi connectivity index (χ2n) is 4.76. The molecular weight excluding hydrogens is 242 g/mol. The van der Waals surface area contributed by atoms with Gasteiger partial charge in [0, 0.05) is 23.6 Å². The monoisotopic (exact) mass is 261 g/mol. The highest BCUT2D eigenvalue weighted by atomic mass is 16.3. The van der Waals surface area contributed by atoms with Gasteiger partial charge in [-0.15, -0.1) is 0 Å². The van der Waals surface area contributed by atoms with Crippen LogP contribution in [-0.4, -0.2) is 34.7 Å². The number of hydrogen-bond donors (Lipinski definition) is 4. The van der Waals surface area contributed by atoms with Crippen LogP contribution in [0.15, 0.2) is 30.5 Å². The summed E-state index contributed by atoms with van der Waals surface area (Å²) in [7, 11) is 0. The van der Waals surface area contributed by atoms with Crippen molar-refractivity contribution in [2.24, 2.45) is 5.73 Å². The summed E-state index contributed by atoms with van der Waals surface area (Å²) in [5.41, 5.74) is 7.94. The van der Waals surface area contributed by atoms with Crippen molar-refractivity contribution in [3.8, 4) is 0 Å². The highest BCUT2D eigenvalue weighted by Crippen LogP contribution is 2.18. The molecule has 0 unspecified atom stereocenters. The molecule has 102 valence electrons. The van der Waals surface area contributed by atoms with Crippen LogP contribution in [0.3, 0.4) is 0 Å². The van der Waals surface area contributed by atoms with E-state index in [9.17, 15) is 4.79 Å². The summed E-state index contributed by atoms with van der Waals surface area (Å²) in [6.45, 7) is 1.84. The second kappa shape index (κ2) is 5.86. The summed E-state index contributed by atoms with van der Waals surface area (Å²) in [6, 6.07) is 7.29. The zero-order valence-corrected chi connectivity index (χ0v) is 10.9. The van der Waals surface area contributed by atoms with E-state index in [1.807, 2.05) is 30.5 Å². The number of benzene rings is 1. The van der Waals surface area contributed by atoms with E-state index in [4.69, 9.17) is 10.8 Å². The SMILES string of the molecule is C[C@@H](O)CNC(=O)[C@H](N)Cc1c[nH]c2ccccc12. The number of carbonyl (C=O) groups is 1. The van der Waals surface area contributed by atoms with Crippen molar-refractivity contribution in [1.29, 1.82) is 0 Å². The average Bonchev–Trinajstić information content (AvgIpc) is 2.79. The number of aromatic amines is 1. The zero-order valence-electron chi connectivity index (χ0n) is 10.9. The van der Waals surface area contributed by atoms with Crippen LogP contribution in [0.1, 0.15) is 12.5 Å². The third-order valence-electron chi connectivity index (χ3n) is 3.02. The van der Waals surface area contributed by atoms with E-state index in [0.717, 1.165) is 16.5 Å². The van der Waals surface area contributed by atoms with Crippen molar-refractivity contribution < 1.29 is 9.90 Å². The quantitative estimate of drug-likeness (QED) is 0.633. The van der Waals surface area contributed by atoms with Crippen LogP contribution in [0.5, 0.6) is 0 Å². The predicted octanol–water partition coefficient (Wildman–Crippen LogP) is 0.535. The maximum Gasteiger partial charge on any atom is 0.237 e. The number of nitrogens with two attached hydrogens (primary N) is 1. The van der Waals surface area contributed by atoms with Gasteiger partial charge in [-0.2, -0.15) is 0 Å². The van der Waals surface area contributed by atoms with Crippen LogP contribution in [0, 0.1) is 0 Å². The smallest absolute Gasteiger partial charge is 0.237 e. The summed E-state index contributed by atoms with van der Waals surface area (Å²) in [5, 5.41) is 12.8. The lowest BCUT2D eigenvalue weighted by Gasteiger charge is -2.12. The number of aromatic nitrogens is 1. The largest absolute Gasteiger partial charge is 0.392 e. The highest BCUT2D eigenvalue weighted by Gasteiger charge is 2.16. The molecule has 0 radical (unpaired) electrons. The van der Waals surface area contributed by atoms with Gasteiger partial charge in [-0.3, -0.25) is 4.79 Å². The predicted molar refractivity (Wildman–Crippen MR) is 74.7 cm³/mol. The number of amides is 1. The molecule has 0 fully saturated rings. The molecule has 2 atom stereocenters. The fraction of sp³-hybridized carbons (Fsp3) is 0.357. The standard InChI is InChI=1S/C14H19N3O2/c1-9(18)7-17-14(19)12(15)6-10-8-16-13-5-3-2-4-11(10)13/h2-5,8-9,12,16,18H,6-7,15H2,1H3,(H,17,19)/t9-,12-/m1/s1. The average molecular weight is 261 g/mol. The Morgan fingerprint density at radius 1 is 1.47 bits per heavy atom. The van der Waals surface area contributed by atoms with Crippen LogP contribution in [0.2, 0.25) is 0 Å². The van der Waals surface area contributed by atoms with Crippen molar-refractivity contribution in [1.82, 2.24) is 10.3 Å². The van der Waals surface area contributed by atoms with Gasteiger partial charge in [-0.1, -0.05) is 18.2 Å². The molecule has 0 saturated carbocycles. The molecule has 2 aromatic rings. The lowest BCUT2D eigenvalue weighted by atomic mass is 10.1. The van der Waals surface area contributed by atoms with Gasteiger partial charge in [0.15, 0.2) is 0 Å². The molecule has 0 saturated heterocycles. The number of fused-ring (bicyclic) bond motifs is 1. The number of rotatable bonds is 5. The molecule has 2 rings (SSSR count). The molecule has 5 N–H and O–H groups in total. The lowest BCUT2D eigenvalue weighted by molar-refractivity contribution is -0.122. The van der Waals surface area contributed by atoms with Crippen molar-refractivity contribution in [2.45, 2.75) is 25.5 Å². The molecule has 0 aliphatic carbocycles. The maximum atomic E-state index is 11.8. The third kappa shape index (κ3) is 3.33. The molecule has 0 spiro atoms. The van der Waals surface area contributed by atoms with Crippen molar-refractivity contribution in [2.75, 3.05) is 6.54 Å². The molecule has 1 aromatic carbocycles. The van der Waals surface area contributed by atoms with E-state index in [0.29, 0.717) is 6.42 Å². The molecule has 5 nitrogen and oxygen atoms in total. The Morgan fingerprint density at radius 2 is 2.21 bits per heavy atom. The topological polar surface area (TPSA) is 91.1 Å². The van der Waals surface area contributed by atoms with Gasteiger partial charge >= 0.3 is 0 Å². The van der Waals surface area contributed by atoms with E-state index < -0.39 is 12.1 Å². The van der Waals surface area contributed by atoms with Gasteiger partial charge in [0.25, 0.3) is 0 Å². The van der Waals surface area contributed by atoms with E-state index >= 15 is 0 Å². The van der Waals surface area contributed by atoms with Gasteiger partial charge in [0.1, 0.15) is 0 Å². The summed E-state index contributed by atoms with van der Waals surface area (Å²) in [6.07, 6.45) is 1.78. The van der Waals surface area contributed by atoms with Crippen LogP contribution in [0.25, 0.3) is 10.9 Å². The fourth-order valence-electron chi connectivity index (χ4n) is 2.01. The van der Waals surface area contributed by atoms with Crippen molar-refractivity contribution in [3.05, 3.63) is 36.0 Å². The number of H-pyrrole nitrogens is 1. The Hall–Kier alpha value is -1.85. The second-order valence-corrected chi connectivity index (χ2v) is 4.76. The first-order chi connectivity index (χ1) is 9.08. The third-order valence-corrected chi connectivity index (χ3v) is 3.02. The van der Waals surface area contributed by atoms with Crippen LogP contribution in [0.4, 0.5) is 0 Å². The Morgan fingerprint density at radius 3 is 2.95 bits per heavy atom. The number of para-hydroxylation sites is 1. The first-order valence-electron chi connectivity index (χ1n) is 6.34. The Bertz CT molecular complexity index is 563. The molecule has 5 heteroatoms.